The van der Waals surface area contributed by atoms with Crippen molar-refractivity contribution in [1.29, 1.82) is 0 Å². The molecule has 0 bridgehead atoms. The van der Waals surface area contributed by atoms with Gasteiger partial charge in [0.05, 0.1) is 24.0 Å². The first-order chi connectivity index (χ1) is 19.3. The summed E-state index contributed by atoms with van der Waals surface area (Å²) in [5.74, 6) is -0.280. The summed E-state index contributed by atoms with van der Waals surface area (Å²) in [6.45, 7) is 3.49. The van der Waals surface area contributed by atoms with Crippen molar-refractivity contribution in [3.05, 3.63) is 99.6 Å². The van der Waals surface area contributed by atoms with E-state index in [-0.39, 0.29) is 11.5 Å². The predicted octanol–water partition coefficient (Wildman–Crippen LogP) is 4.51. The first-order valence-electron chi connectivity index (χ1n) is 12.4. The van der Waals surface area contributed by atoms with E-state index in [1.165, 1.54) is 17.8 Å². The maximum absolute atomic E-state index is 13.1. The van der Waals surface area contributed by atoms with Gasteiger partial charge in [-0.1, -0.05) is 65.3 Å². The van der Waals surface area contributed by atoms with Crippen molar-refractivity contribution in [3.8, 4) is 0 Å². The van der Waals surface area contributed by atoms with Crippen molar-refractivity contribution in [1.82, 2.24) is 30.5 Å². The lowest BCUT2D eigenvalue weighted by Crippen LogP contribution is -2.21. The highest BCUT2D eigenvalue weighted by Crippen LogP contribution is 2.23. The molecule has 1 heterocycles. The third-order valence-corrected chi connectivity index (χ3v) is 7.01. The highest BCUT2D eigenvalue weighted by atomic mass is 35.5. The van der Waals surface area contributed by atoms with Crippen LogP contribution in [-0.4, -0.2) is 63.8 Å². The van der Waals surface area contributed by atoms with Gasteiger partial charge in [0.25, 0.3) is 11.8 Å². The summed E-state index contributed by atoms with van der Waals surface area (Å²) >= 11 is 7.64. The van der Waals surface area contributed by atoms with E-state index in [0.29, 0.717) is 33.7 Å². The summed E-state index contributed by atoms with van der Waals surface area (Å²) < 4.78 is 1.76. The number of hydrazone groups is 1. The van der Waals surface area contributed by atoms with Crippen LogP contribution >= 0.6 is 23.4 Å². The molecule has 0 saturated heterocycles. The zero-order valence-corrected chi connectivity index (χ0v) is 23.9. The van der Waals surface area contributed by atoms with Gasteiger partial charge in [-0.25, -0.2) is 10.1 Å². The molecule has 4 aromatic rings. The van der Waals surface area contributed by atoms with Crippen LogP contribution < -0.4 is 10.7 Å². The van der Waals surface area contributed by atoms with Crippen LogP contribution in [0.5, 0.6) is 0 Å². The van der Waals surface area contributed by atoms with Crippen molar-refractivity contribution in [2.24, 2.45) is 5.10 Å². The van der Waals surface area contributed by atoms with E-state index >= 15 is 0 Å². The highest BCUT2D eigenvalue weighted by molar-refractivity contribution is 7.98. The Labute approximate surface area is 241 Å². The van der Waals surface area contributed by atoms with Gasteiger partial charge in [-0.3, -0.25) is 9.59 Å². The van der Waals surface area contributed by atoms with Crippen LogP contribution in [-0.2, 0) is 12.3 Å². The number of hydrogen-bond acceptors (Lipinski definition) is 8. The monoisotopic (exact) mass is 576 g/mol. The Morgan fingerprint density at radius 3 is 2.65 bits per heavy atom. The molecule has 12 heteroatoms. The van der Waals surface area contributed by atoms with Crippen molar-refractivity contribution in [3.63, 3.8) is 0 Å². The Morgan fingerprint density at radius 2 is 1.88 bits per heavy atom. The van der Waals surface area contributed by atoms with E-state index in [4.69, 9.17) is 11.6 Å². The molecule has 0 radical (unpaired) electrons. The van der Waals surface area contributed by atoms with Crippen LogP contribution in [0.2, 0.25) is 5.02 Å². The average Bonchev–Trinajstić information content (AvgIpc) is 3.40. The molecular weight excluding hydrogens is 548 g/mol. The summed E-state index contributed by atoms with van der Waals surface area (Å²) in [4.78, 5) is 28.1. The summed E-state index contributed by atoms with van der Waals surface area (Å²) in [6, 6.07) is 19.7. The first kappa shape index (κ1) is 28.9. The fourth-order valence-electron chi connectivity index (χ4n) is 3.57. The van der Waals surface area contributed by atoms with Crippen LogP contribution in [0.1, 0.15) is 37.4 Å². The van der Waals surface area contributed by atoms with Crippen LogP contribution in [0.3, 0.4) is 0 Å². The van der Waals surface area contributed by atoms with E-state index in [1.54, 1.807) is 35.2 Å². The van der Waals surface area contributed by atoms with Crippen LogP contribution in [0.4, 0.5) is 5.69 Å². The minimum atomic E-state index is -0.502. The number of anilines is 1. The number of amides is 2. The van der Waals surface area contributed by atoms with Gasteiger partial charge in [0.2, 0.25) is 5.16 Å². The van der Waals surface area contributed by atoms with Gasteiger partial charge in [0.1, 0.15) is 0 Å². The van der Waals surface area contributed by atoms with Gasteiger partial charge in [0.15, 0.2) is 0 Å². The Morgan fingerprint density at radius 1 is 1.07 bits per heavy atom. The number of likely N-dealkylation sites (N-methyl/N-ethyl adjacent to an activating group) is 1. The molecule has 0 spiro atoms. The molecule has 0 aliphatic heterocycles. The number of thioether (sulfide) groups is 1. The molecule has 206 valence electrons. The zero-order chi connectivity index (χ0) is 28.5. The number of benzene rings is 3. The molecule has 40 heavy (non-hydrogen) atoms. The Kier molecular flexibility index (Phi) is 10.0. The lowest BCUT2D eigenvalue weighted by Gasteiger charge is -2.12. The van der Waals surface area contributed by atoms with Crippen LogP contribution in [0, 0.1) is 6.92 Å². The molecule has 10 nitrogen and oxygen atoms in total. The van der Waals surface area contributed by atoms with Crippen molar-refractivity contribution < 1.29 is 9.59 Å². The number of aryl methyl sites for hydroxylation is 1. The number of carbonyl (C=O) groups is 2. The summed E-state index contributed by atoms with van der Waals surface area (Å²) in [6.07, 6.45) is 1.55. The average molecular weight is 577 g/mol. The molecular formula is C28H29ClN8O2S. The molecule has 3 aromatic carbocycles. The summed E-state index contributed by atoms with van der Waals surface area (Å²) in [7, 11) is 3.99. The molecule has 0 fully saturated rings. The molecule has 0 unspecified atom stereocenters. The minimum absolute atomic E-state index is 0.193. The second-order valence-corrected chi connectivity index (χ2v) is 10.6. The van der Waals surface area contributed by atoms with E-state index in [1.807, 2.05) is 57.4 Å². The van der Waals surface area contributed by atoms with Crippen molar-refractivity contribution in [2.75, 3.05) is 26.0 Å². The number of hydrogen-bond donors (Lipinski definition) is 2. The van der Waals surface area contributed by atoms with E-state index < -0.39 is 5.91 Å². The fourth-order valence-corrected chi connectivity index (χ4v) is 4.59. The number of rotatable bonds is 11. The molecule has 0 aliphatic rings. The van der Waals surface area contributed by atoms with Crippen LogP contribution in [0.15, 0.2) is 77.0 Å². The number of halogens is 1. The standard InChI is InChI=1S/C28H29ClN8O2S/c1-19-7-9-20(10-8-19)17-30-32-27(39)24-16-23(29)11-12-25(24)31-26(38)22-6-4-5-21(15-22)18-40-28-33-34-35-37(28)14-13-36(2)3/h4-12,15-17H,13-14,18H2,1-3H3,(H,31,38)(H,32,39). The molecule has 2 amide bonds. The van der Waals surface area contributed by atoms with Gasteiger partial charge in [0, 0.05) is 22.9 Å². The normalized spacial score (nSPS) is 11.2. The van der Waals surface area contributed by atoms with Crippen LogP contribution in [0.25, 0.3) is 0 Å². The van der Waals surface area contributed by atoms with E-state index in [2.05, 4.69) is 36.3 Å². The fraction of sp³-hybridized carbons (Fsp3) is 0.214. The molecule has 0 atom stereocenters. The molecule has 0 aliphatic carbocycles. The summed E-state index contributed by atoms with van der Waals surface area (Å²) in [5, 5.41) is 19.9. The number of tetrazole rings is 1. The third-order valence-electron chi connectivity index (χ3n) is 5.75. The number of nitrogens with zero attached hydrogens (tertiary/aromatic N) is 6. The highest BCUT2D eigenvalue weighted by Gasteiger charge is 2.16. The maximum Gasteiger partial charge on any atom is 0.273 e. The van der Waals surface area contributed by atoms with Crippen molar-refractivity contribution in [2.45, 2.75) is 24.4 Å². The minimum Gasteiger partial charge on any atom is -0.321 e. The first-order valence-corrected chi connectivity index (χ1v) is 13.8. The van der Waals surface area contributed by atoms with E-state index in [0.717, 1.165) is 23.2 Å². The van der Waals surface area contributed by atoms with Crippen molar-refractivity contribution >= 4 is 47.1 Å². The van der Waals surface area contributed by atoms with Gasteiger partial charge >= 0.3 is 0 Å². The second kappa shape index (κ2) is 13.8. The molecule has 1 aromatic heterocycles. The second-order valence-electron chi connectivity index (χ2n) is 9.23. The smallest absolute Gasteiger partial charge is 0.273 e. The lowest BCUT2D eigenvalue weighted by molar-refractivity contribution is 0.0956. The predicted molar refractivity (Wildman–Crippen MR) is 158 cm³/mol. The molecule has 0 saturated carbocycles. The van der Waals surface area contributed by atoms with E-state index in [9.17, 15) is 9.59 Å². The molecule has 4 rings (SSSR count). The summed E-state index contributed by atoms with van der Waals surface area (Å²) in [5.41, 5.74) is 6.35. The van der Waals surface area contributed by atoms with Gasteiger partial charge in [-0.05, 0) is 72.9 Å². The van der Waals surface area contributed by atoms with Gasteiger partial charge in [-0.2, -0.15) is 5.10 Å². The Hall–Kier alpha value is -4.06. The topological polar surface area (TPSA) is 117 Å². The van der Waals surface area contributed by atoms with Gasteiger partial charge in [-0.15, -0.1) is 5.10 Å². The number of nitrogens with one attached hydrogen (secondary N) is 2. The quantitative estimate of drug-likeness (QED) is 0.153. The third kappa shape index (κ3) is 8.22. The Balaban J connectivity index is 1.41. The SMILES string of the molecule is Cc1ccc(C=NNC(=O)c2cc(Cl)ccc2NC(=O)c2cccc(CSc3nnnn3CCN(C)C)c2)cc1. The number of carbonyl (C=O) groups excluding carboxylic acids is 2. The largest absolute Gasteiger partial charge is 0.321 e. The van der Waals surface area contributed by atoms with Gasteiger partial charge < -0.3 is 10.2 Å². The number of aromatic nitrogens is 4. The lowest BCUT2D eigenvalue weighted by atomic mass is 10.1. The molecule has 2 N–H and O–H groups in total. The Bertz CT molecular complexity index is 1500. The zero-order valence-electron chi connectivity index (χ0n) is 22.3. The maximum atomic E-state index is 13.1.